The Balaban J connectivity index is 2.21. The van der Waals surface area contributed by atoms with Crippen molar-refractivity contribution in [3.8, 4) is 11.9 Å². The fourth-order valence-electron chi connectivity index (χ4n) is 1.92. The number of halogens is 1. The van der Waals surface area contributed by atoms with Crippen LogP contribution in [0.25, 0.3) is 0 Å². The summed E-state index contributed by atoms with van der Waals surface area (Å²) in [7, 11) is -3.68. The van der Waals surface area contributed by atoms with Crippen LogP contribution in [0, 0.1) is 0 Å². The number of hydrogen-bond acceptors (Lipinski definition) is 6. The number of aromatic nitrogens is 2. The lowest BCUT2D eigenvalue weighted by molar-refractivity contribution is 0.290. The van der Waals surface area contributed by atoms with Gasteiger partial charge in [0.25, 0.3) is 0 Å². The monoisotopic (exact) mass is 371 g/mol. The number of nitrogens with one attached hydrogen (secondary N) is 1. The normalized spacial score (nSPS) is 11.1. The summed E-state index contributed by atoms with van der Waals surface area (Å²) in [5, 5.41) is 0.474. The third-order valence-electron chi connectivity index (χ3n) is 2.80. The molecule has 2 aromatic rings. The molecular formula is C15H18ClN3O4S. The zero-order valence-corrected chi connectivity index (χ0v) is 14.9. The molecule has 0 aliphatic heterocycles. The van der Waals surface area contributed by atoms with Gasteiger partial charge in [-0.1, -0.05) is 23.7 Å². The second-order valence-corrected chi connectivity index (χ2v) is 6.89. The summed E-state index contributed by atoms with van der Waals surface area (Å²) in [5.41, 5.74) is 0.724. The van der Waals surface area contributed by atoms with Gasteiger partial charge in [-0.05, 0) is 31.5 Å². The number of hydrogen-bond donors (Lipinski definition) is 1. The topological polar surface area (TPSA) is 90.4 Å². The van der Waals surface area contributed by atoms with Crippen LogP contribution in [0.1, 0.15) is 19.4 Å². The first kappa shape index (κ1) is 18.3. The van der Waals surface area contributed by atoms with Gasteiger partial charge in [-0.3, -0.25) is 4.72 Å². The van der Waals surface area contributed by atoms with E-state index in [9.17, 15) is 8.42 Å². The number of ether oxygens (including phenoxy) is 2. The van der Waals surface area contributed by atoms with Crippen LogP contribution < -0.4 is 14.2 Å². The Labute approximate surface area is 146 Å². The molecule has 0 aliphatic rings. The van der Waals surface area contributed by atoms with Crippen LogP contribution >= 0.6 is 11.6 Å². The number of benzene rings is 1. The minimum atomic E-state index is -3.68. The van der Waals surface area contributed by atoms with E-state index in [2.05, 4.69) is 14.7 Å². The first-order chi connectivity index (χ1) is 11.4. The highest BCUT2D eigenvalue weighted by molar-refractivity contribution is 7.91. The van der Waals surface area contributed by atoms with Gasteiger partial charge in [-0.25, -0.2) is 13.4 Å². The SMILES string of the molecule is CCOc1ncc(NS(=O)(=O)Cc2cccc(Cl)c2)c(OCC)n1. The van der Waals surface area contributed by atoms with Gasteiger partial charge in [0.15, 0.2) is 0 Å². The molecule has 0 aliphatic carbocycles. The maximum atomic E-state index is 12.4. The average Bonchev–Trinajstić information content (AvgIpc) is 2.50. The third-order valence-corrected chi connectivity index (χ3v) is 4.28. The van der Waals surface area contributed by atoms with Crippen molar-refractivity contribution in [2.75, 3.05) is 17.9 Å². The van der Waals surface area contributed by atoms with E-state index in [4.69, 9.17) is 21.1 Å². The molecule has 0 fully saturated rings. The van der Waals surface area contributed by atoms with E-state index >= 15 is 0 Å². The highest BCUT2D eigenvalue weighted by Crippen LogP contribution is 2.25. The van der Waals surface area contributed by atoms with Gasteiger partial charge in [0.2, 0.25) is 15.9 Å². The second-order valence-electron chi connectivity index (χ2n) is 4.73. The number of anilines is 1. The maximum Gasteiger partial charge on any atom is 0.319 e. The van der Waals surface area contributed by atoms with Crippen LogP contribution in [0.3, 0.4) is 0 Å². The van der Waals surface area contributed by atoms with E-state index < -0.39 is 10.0 Å². The first-order valence-electron chi connectivity index (χ1n) is 7.31. The summed E-state index contributed by atoms with van der Waals surface area (Å²) >= 11 is 5.88. The Kier molecular flexibility index (Phi) is 6.22. The highest BCUT2D eigenvalue weighted by Gasteiger charge is 2.17. The average molecular weight is 372 g/mol. The summed E-state index contributed by atoms with van der Waals surface area (Å²) < 4.78 is 37.7. The lowest BCUT2D eigenvalue weighted by Crippen LogP contribution is -2.17. The molecule has 24 heavy (non-hydrogen) atoms. The van der Waals surface area contributed by atoms with Crippen LogP contribution in [0.2, 0.25) is 5.02 Å². The van der Waals surface area contributed by atoms with E-state index in [1.807, 2.05) is 0 Å². The molecular weight excluding hydrogens is 354 g/mol. The minimum absolute atomic E-state index is 0.116. The van der Waals surface area contributed by atoms with Crippen LogP contribution in [-0.4, -0.2) is 31.6 Å². The third kappa shape index (κ3) is 5.24. The summed E-state index contributed by atoms with van der Waals surface area (Å²) in [6, 6.07) is 6.78. The number of sulfonamides is 1. The Bertz CT molecular complexity index is 799. The van der Waals surface area contributed by atoms with Crippen LogP contribution in [0.5, 0.6) is 11.9 Å². The summed E-state index contributed by atoms with van der Waals surface area (Å²) in [6.07, 6.45) is 1.32. The second kappa shape index (κ2) is 8.16. The standard InChI is InChI=1S/C15H18ClN3O4S/c1-3-22-14-13(9-17-15(18-14)23-4-2)19-24(20,21)10-11-6-5-7-12(16)8-11/h5-9,19H,3-4,10H2,1-2H3. The molecule has 0 unspecified atom stereocenters. The van der Waals surface area contributed by atoms with Gasteiger partial charge >= 0.3 is 6.01 Å². The van der Waals surface area contributed by atoms with E-state index in [0.29, 0.717) is 23.8 Å². The van der Waals surface area contributed by atoms with Gasteiger partial charge in [0.05, 0.1) is 25.2 Å². The largest absolute Gasteiger partial charge is 0.476 e. The molecule has 0 atom stereocenters. The van der Waals surface area contributed by atoms with Gasteiger partial charge in [0.1, 0.15) is 5.69 Å². The molecule has 130 valence electrons. The van der Waals surface area contributed by atoms with Crippen molar-refractivity contribution in [1.82, 2.24) is 9.97 Å². The van der Waals surface area contributed by atoms with E-state index in [1.54, 1.807) is 38.1 Å². The lowest BCUT2D eigenvalue weighted by Gasteiger charge is -2.12. The Morgan fingerprint density at radius 2 is 1.96 bits per heavy atom. The molecule has 1 N–H and O–H groups in total. The Morgan fingerprint density at radius 1 is 1.21 bits per heavy atom. The molecule has 9 heteroatoms. The van der Waals surface area contributed by atoms with Crippen molar-refractivity contribution in [3.05, 3.63) is 41.0 Å². The van der Waals surface area contributed by atoms with E-state index in [-0.39, 0.29) is 23.3 Å². The zero-order chi connectivity index (χ0) is 17.6. The Morgan fingerprint density at radius 3 is 2.62 bits per heavy atom. The van der Waals surface area contributed by atoms with Crippen molar-refractivity contribution in [2.24, 2.45) is 0 Å². The molecule has 1 heterocycles. The first-order valence-corrected chi connectivity index (χ1v) is 9.34. The minimum Gasteiger partial charge on any atom is -0.476 e. The van der Waals surface area contributed by atoms with Crippen molar-refractivity contribution in [2.45, 2.75) is 19.6 Å². The van der Waals surface area contributed by atoms with Crippen molar-refractivity contribution in [1.29, 1.82) is 0 Å². The van der Waals surface area contributed by atoms with Gasteiger partial charge in [-0.2, -0.15) is 4.98 Å². The predicted molar refractivity (Wildman–Crippen MR) is 92.1 cm³/mol. The van der Waals surface area contributed by atoms with Gasteiger partial charge in [0, 0.05) is 5.02 Å². The zero-order valence-electron chi connectivity index (χ0n) is 13.3. The molecule has 0 saturated heterocycles. The maximum absolute atomic E-state index is 12.4. The van der Waals surface area contributed by atoms with Crippen LogP contribution in [0.4, 0.5) is 5.69 Å². The fourth-order valence-corrected chi connectivity index (χ4v) is 3.29. The van der Waals surface area contributed by atoms with Crippen LogP contribution in [-0.2, 0) is 15.8 Å². The van der Waals surface area contributed by atoms with E-state index in [1.165, 1.54) is 6.20 Å². The molecule has 1 aromatic carbocycles. The smallest absolute Gasteiger partial charge is 0.319 e. The van der Waals surface area contributed by atoms with Gasteiger partial charge in [-0.15, -0.1) is 0 Å². The summed E-state index contributed by atoms with van der Waals surface area (Å²) in [6.45, 7) is 4.29. The van der Waals surface area contributed by atoms with Crippen molar-refractivity contribution < 1.29 is 17.9 Å². The Hall–Kier alpha value is -2.06. The number of rotatable bonds is 8. The van der Waals surface area contributed by atoms with Crippen molar-refractivity contribution in [3.63, 3.8) is 0 Å². The summed E-state index contributed by atoms with van der Waals surface area (Å²) in [5.74, 6) is -0.114. The summed E-state index contributed by atoms with van der Waals surface area (Å²) in [4.78, 5) is 8.01. The molecule has 0 amide bonds. The molecule has 0 radical (unpaired) electrons. The van der Waals surface area contributed by atoms with Crippen LogP contribution in [0.15, 0.2) is 30.5 Å². The fraction of sp³-hybridized carbons (Fsp3) is 0.333. The molecule has 7 nitrogen and oxygen atoms in total. The van der Waals surface area contributed by atoms with Gasteiger partial charge < -0.3 is 9.47 Å². The molecule has 0 saturated carbocycles. The molecule has 0 spiro atoms. The quantitative estimate of drug-likeness (QED) is 0.767. The lowest BCUT2D eigenvalue weighted by atomic mass is 10.2. The highest BCUT2D eigenvalue weighted by atomic mass is 35.5. The molecule has 2 rings (SSSR count). The molecule has 0 bridgehead atoms. The predicted octanol–water partition coefficient (Wildman–Crippen LogP) is 2.87. The molecule has 1 aromatic heterocycles. The number of nitrogens with zero attached hydrogens (tertiary/aromatic N) is 2. The van der Waals surface area contributed by atoms with Crippen molar-refractivity contribution >= 4 is 27.3 Å². The van der Waals surface area contributed by atoms with E-state index in [0.717, 1.165) is 0 Å².